The molecule has 1 heterocycles. The fourth-order valence-corrected chi connectivity index (χ4v) is 2.68. The molecule has 84 valence electrons. The van der Waals surface area contributed by atoms with Crippen molar-refractivity contribution in [3.63, 3.8) is 0 Å². The Hall–Kier alpha value is -0.790. The predicted octanol–water partition coefficient (Wildman–Crippen LogP) is 4.97. The second kappa shape index (κ2) is 4.23. The Balaban J connectivity index is 2.83. The fraction of sp³-hybridized carbons (Fsp3) is 0.308. The molecule has 0 N–H and O–H groups in total. The van der Waals surface area contributed by atoms with Gasteiger partial charge >= 0.3 is 0 Å². The number of halogens is 2. The molecule has 0 saturated heterocycles. The molecule has 0 aliphatic rings. The Kier molecular flexibility index (Phi) is 3.09. The Labute approximate surface area is 105 Å². The van der Waals surface area contributed by atoms with Crippen molar-refractivity contribution in [2.45, 2.75) is 26.7 Å². The standard InChI is InChI=1S/C13H13Cl2N/c1-7(2)12-8(3)16-11-6-9(14)4-5-10(11)13(12)15/h4-7H,1-3H3. The molecule has 1 aromatic carbocycles. The summed E-state index contributed by atoms with van der Waals surface area (Å²) in [7, 11) is 0. The molecule has 0 aliphatic carbocycles. The Bertz CT molecular complexity index is 547. The maximum absolute atomic E-state index is 6.41. The molecule has 1 nitrogen and oxygen atoms in total. The summed E-state index contributed by atoms with van der Waals surface area (Å²) in [6.07, 6.45) is 0. The number of fused-ring (bicyclic) bond motifs is 1. The molecule has 2 aromatic rings. The Morgan fingerprint density at radius 1 is 1.19 bits per heavy atom. The maximum Gasteiger partial charge on any atom is 0.0735 e. The van der Waals surface area contributed by atoms with Gasteiger partial charge in [-0.2, -0.15) is 0 Å². The summed E-state index contributed by atoms with van der Waals surface area (Å²) in [6, 6.07) is 5.62. The molecule has 16 heavy (non-hydrogen) atoms. The van der Waals surface area contributed by atoms with Gasteiger partial charge in [-0.1, -0.05) is 37.0 Å². The van der Waals surface area contributed by atoms with E-state index in [1.54, 1.807) is 0 Å². The largest absolute Gasteiger partial charge is 0.253 e. The maximum atomic E-state index is 6.41. The molecule has 3 heteroatoms. The van der Waals surface area contributed by atoms with Gasteiger partial charge in [0.1, 0.15) is 0 Å². The van der Waals surface area contributed by atoms with E-state index in [0.29, 0.717) is 10.9 Å². The van der Waals surface area contributed by atoms with Crippen LogP contribution in [0.25, 0.3) is 10.9 Å². The summed E-state index contributed by atoms with van der Waals surface area (Å²) < 4.78 is 0. The number of hydrogen-bond acceptors (Lipinski definition) is 1. The SMILES string of the molecule is Cc1nc2cc(Cl)ccc2c(Cl)c1C(C)C. The lowest BCUT2D eigenvalue weighted by molar-refractivity contribution is 0.848. The molecule has 0 spiro atoms. The highest BCUT2D eigenvalue weighted by molar-refractivity contribution is 6.37. The van der Waals surface area contributed by atoms with Crippen molar-refractivity contribution in [2.24, 2.45) is 0 Å². The van der Waals surface area contributed by atoms with Crippen LogP contribution in [-0.4, -0.2) is 4.98 Å². The zero-order chi connectivity index (χ0) is 11.9. The van der Waals surface area contributed by atoms with E-state index in [9.17, 15) is 0 Å². The van der Waals surface area contributed by atoms with Crippen molar-refractivity contribution in [1.82, 2.24) is 4.98 Å². The van der Waals surface area contributed by atoms with Gasteiger partial charge in [0.2, 0.25) is 0 Å². The second-order valence-corrected chi connectivity index (χ2v) is 5.06. The molecule has 0 aliphatic heterocycles. The minimum Gasteiger partial charge on any atom is -0.253 e. The number of hydrogen-bond donors (Lipinski definition) is 0. The molecule has 2 rings (SSSR count). The van der Waals surface area contributed by atoms with E-state index in [0.717, 1.165) is 27.2 Å². The third-order valence-corrected chi connectivity index (χ3v) is 3.33. The van der Waals surface area contributed by atoms with Gasteiger partial charge in [-0.05, 0) is 36.6 Å². The molecule has 0 amide bonds. The first-order valence-corrected chi connectivity index (χ1v) is 6.01. The Morgan fingerprint density at radius 3 is 2.50 bits per heavy atom. The highest BCUT2D eigenvalue weighted by atomic mass is 35.5. The van der Waals surface area contributed by atoms with E-state index < -0.39 is 0 Å². The normalized spacial score (nSPS) is 11.4. The number of pyridine rings is 1. The van der Waals surface area contributed by atoms with Crippen LogP contribution >= 0.6 is 23.2 Å². The topological polar surface area (TPSA) is 12.9 Å². The third-order valence-electron chi connectivity index (χ3n) is 2.69. The van der Waals surface area contributed by atoms with Gasteiger partial charge in [0.15, 0.2) is 0 Å². The van der Waals surface area contributed by atoms with Crippen LogP contribution in [0.4, 0.5) is 0 Å². The minimum atomic E-state index is 0.375. The lowest BCUT2D eigenvalue weighted by Gasteiger charge is -2.13. The zero-order valence-electron chi connectivity index (χ0n) is 9.51. The van der Waals surface area contributed by atoms with Gasteiger partial charge in [0, 0.05) is 16.1 Å². The van der Waals surface area contributed by atoms with Crippen molar-refractivity contribution in [3.05, 3.63) is 39.5 Å². The average Bonchev–Trinajstić information content (AvgIpc) is 2.15. The van der Waals surface area contributed by atoms with Crippen molar-refractivity contribution in [1.29, 1.82) is 0 Å². The van der Waals surface area contributed by atoms with Gasteiger partial charge in [0.05, 0.1) is 10.5 Å². The van der Waals surface area contributed by atoms with Crippen molar-refractivity contribution in [3.8, 4) is 0 Å². The predicted molar refractivity (Wildman–Crippen MR) is 70.6 cm³/mol. The highest BCUT2D eigenvalue weighted by Gasteiger charge is 2.13. The lowest BCUT2D eigenvalue weighted by atomic mass is 9.99. The van der Waals surface area contributed by atoms with E-state index >= 15 is 0 Å². The van der Waals surface area contributed by atoms with Crippen molar-refractivity contribution < 1.29 is 0 Å². The summed E-state index contributed by atoms with van der Waals surface area (Å²) in [5.74, 6) is 0.375. The van der Waals surface area contributed by atoms with Crippen molar-refractivity contribution >= 4 is 34.1 Å². The molecular weight excluding hydrogens is 241 g/mol. The summed E-state index contributed by atoms with van der Waals surface area (Å²) in [5, 5.41) is 2.46. The lowest BCUT2D eigenvalue weighted by Crippen LogP contribution is -1.98. The molecule has 1 aromatic heterocycles. The Morgan fingerprint density at radius 2 is 1.88 bits per heavy atom. The monoisotopic (exact) mass is 253 g/mol. The van der Waals surface area contributed by atoms with Gasteiger partial charge in [-0.25, -0.2) is 0 Å². The van der Waals surface area contributed by atoms with E-state index in [-0.39, 0.29) is 0 Å². The molecule has 0 atom stereocenters. The van der Waals surface area contributed by atoms with Gasteiger partial charge in [0.25, 0.3) is 0 Å². The molecule has 0 fully saturated rings. The fourth-order valence-electron chi connectivity index (χ4n) is 2.00. The van der Waals surface area contributed by atoms with Crippen molar-refractivity contribution in [2.75, 3.05) is 0 Å². The van der Waals surface area contributed by atoms with E-state index in [2.05, 4.69) is 18.8 Å². The molecule has 0 radical (unpaired) electrons. The first-order chi connectivity index (χ1) is 7.50. The van der Waals surface area contributed by atoms with E-state index in [1.807, 2.05) is 25.1 Å². The van der Waals surface area contributed by atoms with Gasteiger partial charge in [-0.15, -0.1) is 0 Å². The van der Waals surface area contributed by atoms with Crippen LogP contribution in [0.2, 0.25) is 10.0 Å². The van der Waals surface area contributed by atoms with Crippen LogP contribution in [0.15, 0.2) is 18.2 Å². The highest BCUT2D eigenvalue weighted by Crippen LogP contribution is 2.33. The summed E-state index contributed by atoms with van der Waals surface area (Å²) in [4.78, 5) is 4.55. The van der Waals surface area contributed by atoms with Gasteiger partial charge < -0.3 is 0 Å². The number of rotatable bonds is 1. The van der Waals surface area contributed by atoms with Crippen LogP contribution in [0.1, 0.15) is 31.0 Å². The number of nitrogens with zero attached hydrogens (tertiary/aromatic N) is 1. The third kappa shape index (κ3) is 1.90. The van der Waals surface area contributed by atoms with Crippen LogP contribution in [0.5, 0.6) is 0 Å². The first-order valence-electron chi connectivity index (χ1n) is 5.26. The second-order valence-electron chi connectivity index (χ2n) is 4.24. The molecule has 0 unspecified atom stereocenters. The zero-order valence-corrected chi connectivity index (χ0v) is 11.0. The van der Waals surface area contributed by atoms with E-state index in [1.165, 1.54) is 0 Å². The number of benzene rings is 1. The molecular formula is C13H13Cl2N. The van der Waals surface area contributed by atoms with E-state index in [4.69, 9.17) is 23.2 Å². The number of aryl methyl sites for hydroxylation is 1. The average molecular weight is 254 g/mol. The smallest absolute Gasteiger partial charge is 0.0735 e. The van der Waals surface area contributed by atoms with Crippen LogP contribution in [0.3, 0.4) is 0 Å². The quantitative estimate of drug-likeness (QED) is 0.699. The summed E-state index contributed by atoms with van der Waals surface area (Å²) >= 11 is 12.4. The minimum absolute atomic E-state index is 0.375. The molecule has 0 bridgehead atoms. The molecule has 0 saturated carbocycles. The summed E-state index contributed by atoms with van der Waals surface area (Å²) in [5.41, 5.74) is 2.96. The van der Waals surface area contributed by atoms with Crippen LogP contribution in [-0.2, 0) is 0 Å². The van der Waals surface area contributed by atoms with Crippen LogP contribution < -0.4 is 0 Å². The number of aromatic nitrogens is 1. The van der Waals surface area contributed by atoms with Crippen LogP contribution in [0, 0.1) is 6.92 Å². The summed E-state index contributed by atoms with van der Waals surface area (Å²) in [6.45, 7) is 6.23. The first kappa shape index (κ1) is 11.7. The van der Waals surface area contributed by atoms with Gasteiger partial charge in [-0.3, -0.25) is 4.98 Å².